The summed E-state index contributed by atoms with van der Waals surface area (Å²) >= 11 is 2.33. The maximum absolute atomic E-state index is 11.8. The number of carboxylic acids is 1. The second kappa shape index (κ2) is 7.06. The van der Waals surface area contributed by atoms with Gasteiger partial charge in [-0.25, -0.2) is 4.98 Å². The lowest BCUT2D eigenvalue weighted by atomic mass is 10.1. The zero-order valence-corrected chi connectivity index (χ0v) is 14.4. The van der Waals surface area contributed by atoms with Crippen LogP contribution in [0.2, 0.25) is 0 Å². The Labute approximate surface area is 146 Å². The number of aliphatic carboxylic acids is 1. The average molecular weight is 360 g/mol. The van der Waals surface area contributed by atoms with Crippen LogP contribution >= 0.6 is 23.1 Å². The summed E-state index contributed by atoms with van der Waals surface area (Å²) in [5.74, 6) is -1.61. The molecule has 3 rings (SSSR count). The molecule has 0 spiro atoms. The second-order valence-corrected chi connectivity index (χ2v) is 6.97. The van der Waals surface area contributed by atoms with E-state index in [1.54, 1.807) is 0 Å². The Hall–Kier alpha value is -2.32. The predicted octanol–water partition coefficient (Wildman–Crippen LogP) is 2.02. The number of amides is 1. The number of carboxylic acid groups (broad SMARTS) is 1. The number of aromatic amines is 1. The van der Waals surface area contributed by atoms with Crippen LogP contribution in [0, 0.1) is 6.92 Å². The minimum absolute atomic E-state index is 0.0506. The zero-order valence-electron chi connectivity index (χ0n) is 12.8. The first-order valence-electron chi connectivity index (χ1n) is 7.15. The summed E-state index contributed by atoms with van der Waals surface area (Å²) in [5.41, 5.74) is 3.88. The molecule has 6 nitrogen and oxygen atoms in total. The molecule has 0 bridgehead atoms. The van der Waals surface area contributed by atoms with Crippen LogP contribution in [-0.4, -0.2) is 33.4 Å². The number of para-hydroxylation sites is 1. The molecule has 1 amide bonds. The van der Waals surface area contributed by atoms with Crippen LogP contribution in [0.5, 0.6) is 0 Å². The van der Waals surface area contributed by atoms with E-state index in [0.717, 1.165) is 39.6 Å². The molecule has 2 N–H and O–H groups in total. The second-order valence-electron chi connectivity index (χ2n) is 5.12. The third-order valence-corrected chi connectivity index (χ3v) is 5.02. The predicted molar refractivity (Wildman–Crippen MR) is 95.1 cm³/mol. The molecule has 0 fully saturated rings. The number of thioether (sulfide) groups is 1. The van der Waals surface area contributed by atoms with Crippen molar-refractivity contribution in [3.05, 3.63) is 35.3 Å². The number of hydrogen-bond acceptors (Lipinski definition) is 6. The third-order valence-electron chi connectivity index (χ3n) is 3.35. The van der Waals surface area contributed by atoms with E-state index in [9.17, 15) is 14.7 Å². The molecule has 0 atom stereocenters. The number of anilines is 1. The van der Waals surface area contributed by atoms with Crippen molar-refractivity contribution >= 4 is 51.0 Å². The molecule has 0 saturated heterocycles. The minimum Gasteiger partial charge on any atom is -0.549 e. The van der Waals surface area contributed by atoms with Crippen molar-refractivity contribution in [3.63, 3.8) is 0 Å². The fraction of sp³-hybridized carbons (Fsp3) is 0.188. The van der Waals surface area contributed by atoms with Crippen molar-refractivity contribution in [3.8, 4) is 11.3 Å². The summed E-state index contributed by atoms with van der Waals surface area (Å²) in [6, 6.07) is 7.99. The van der Waals surface area contributed by atoms with E-state index in [4.69, 9.17) is 0 Å². The molecule has 0 aliphatic heterocycles. The number of nitrogens with zero attached hydrogens (tertiary/aromatic N) is 1. The molecule has 0 radical (unpaired) electrons. The van der Waals surface area contributed by atoms with Crippen LogP contribution < -0.4 is 10.4 Å². The van der Waals surface area contributed by atoms with Gasteiger partial charge in [0, 0.05) is 33.3 Å². The number of aromatic nitrogens is 2. The van der Waals surface area contributed by atoms with Crippen LogP contribution in [0.1, 0.15) is 5.69 Å². The highest BCUT2D eigenvalue weighted by atomic mass is 32.2. The van der Waals surface area contributed by atoms with Crippen molar-refractivity contribution in [1.29, 1.82) is 0 Å². The van der Waals surface area contributed by atoms with E-state index in [2.05, 4.69) is 15.3 Å². The van der Waals surface area contributed by atoms with E-state index in [-0.39, 0.29) is 17.4 Å². The van der Waals surface area contributed by atoms with E-state index in [1.165, 1.54) is 11.3 Å². The largest absolute Gasteiger partial charge is 0.549 e. The highest BCUT2D eigenvalue weighted by molar-refractivity contribution is 8.00. The highest BCUT2D eigenvalue weighted by Crippen LogP contribution is 2.33. The smallest absolute Gasteiger partial charge is 0.236 e. The number of rotatable bonds is 6. The van der Waals surface area contributed by atoms with Gasteiger partial charge in [-0.3, -0.25) is 4.79 Å². The zero-order chi connectivity index (χ0) is 17.1. The van der Waals surface area contributed by atoms with Gasteiger partial charge < -0.3 is 20.2 Å². The molecule has 124 valence electrons. The van der Waals surface area contributed by atoms with Crippen LogP contribution in [0.4, 0.5) is 5.13 Å². The molecule has 0 aliphatic carbocycles. The average Bonchev–Trinajstić information content (AvgIpc) is 3.09. The maximum Gasteiger partial charge on any atom is 0.236 e. The molecule has 2 aromatic heterocycles. The lowest BCUT2D eigenvalue weighted by Gasteiger charge is -2.02. The molecule has 3 aromatic rings. The van der Waals surface area contributed by atoms with Crippen LogP contribution in [0.15, 0.2) is 29.6 Å². The minimum atomic E-state index is -1.18. The van der Waals surface area contributed by atoms with Crippen molar-refractivity contribution in [1.82, 2.24) is 9.97 Å². The number of aryl methyl sites for hydroxylation is 1. The van der Waals surface area contributed by atoms with Gasteiger partial charge in [0.15, 0.2) is 5.13 Å². The summed E-state index contributed by atoms with van der Waals surface area (Å²) in [4.78, 5) is 29.9. The number of hydrogen-bond donors (Lipinski definition) is 2. The van der Waals surface area contributed by atoms with Gasteiger partial charge in [0.05, 0.1) is 17.4 Å². The quantitative estimate of drug-likeness (QED) is 0.701. The summed E-state index contributed by atoms with van der Waals surface area (Å²) in [6.45, 7) is 1.99. The van der Waals surface area contributed by atoms with Gasteiger partial charge in [-0.2, -0.15) is 0 Å². The number of H-pyrrole nitrogens is 1. The normalized spacial score (nSPS) is 10.9. The first-order valence-corrected chi connectivity index (χ1v) is 9.18. The standard InChI is InChI=1S/C16H15N3O3S2/c1-9-15(10-4-2-3-5-11(10)17-9)12-6-24-16(18-12)19-13(20)7-23-8-14(21)22/h2-6,17H,7-8H2,1H3,(H,21,22)(H,18,19,20)/p-1. The molecule has 2 heterocycles. The summed E-state index contributed by atoms with van der Waals surface area (Å²) < 4.78 is 0. The van der Waals surface area contributed by atoms with Gasteiger partial charge in [0.25, 0.3) is 0 Å². The first kappa shape index (κ1) is 16.5. The Morgan fingerprint density at radius 1 is 1.33 bits per heavy atom. The maximum atomic E-state index is 11.8. The van der Waals surface area contributed by atoms with Gasteiger partial charge in [-0.1, -0.05) is 18.2 Å². The van der Waals surface area contributed by atoms with Crippen molar-refractivity contribution < 1.29 is 14.7 Å². The summed E-state index contributed by atoms with van der Waals surface area (Å²) in [7, 11) is 0. The molecular formula is C16H14N3O3S2-. The number of carbonyl (C=O) groups excluding carboxylic acids is 2. The molecular weight excluding hydrogens is 346 g/mol. The van der Waals surface area contributed by atoms with E-state index in [1.807, 2.05) is 36.6 Å². The first-order chi connectivity index (χ1) is 11.5. The lowest BCUT2D eigenvalue weighted by Crippen LogP contribution is -2.25. The fourth-order valence-corrected chi connectivity index (χ4v) is 3.68. The van der Waals surface area contributed by atoms with E-state index < -0.39 is 5.97 Å². The molecule has 0 unspecified atom stereocenters. The van der Waals surface area contributed by atoms with Crippen molar-refractivity contribution in [2.45, 2.75) is 6.92 Å². The molecule has 0 saturated carbocycles. The summed E-state index contributed by atoms with van der Waals surface area (Å²) in [5, 5.41) is 16.5. The Kier molecular flexibility index (Phi) is 4.86. The topological polar surface area (TPSA) is 97.9 Å². The number of carbonyl (C=O) groups is 2. The molecule has 1 aromatic carbocycles. The Balaban J connectivity index is 1.74. The van der Waals surface area contributed by atoms with E-state index >= 15 is 0 Å². The van der Waals surface area contributed by atoms with Gasteiger partial charge in [-0.05, 0) is 13.0 Å². The summed E-state index contributed by atoms with van der Waals surface area (Å²) in [6.07, 6.45) is 0. The Morgan fingerprint density at radius 3 is 2.92 bits per heavy atom. The number of thiazole rings is 1. The number of fused-ring (bicyclic) bond motifs is 1. The monoisotopic (exact) mass is 360 g/mol. The molecule has 8 heteroatoms. The van der Waals surface area contributed by atoms with Gasteiger partial charge in [0.1, 0.15) is 0 Å². The van der Waals surface area contributed by atoms with Crippen LogP contribution in [0.3, 0.4) is 0 Å². The van der Waals surface area contributed by atoms with Gasteiger partial charge in [0.2, 0.25) is 5.91 Å². The van der Waals surface area contributed by atoms with Crippen molar-refractivity contribution in [2.24, 2.45) is 0 Å². The Bertz CT molecular complexity index is 901. The number of benzene rings is 1. The number of nitrogens with one attached hydrogen (secondary N) is 2. The molecule has 24 heavy (non-hydrogen) atoms. The van der Waals surface area contributed by atoms with Gasteiger partial charge >= 0.3 is 0 Å². The lowest BCUT2D eigenvalue weighted by molar-refractivity contribution is -0.301. The Morgan fingerprint density at radius 2 is 2.12 bits per heavy atom. The van der Waals surface area contributed by atoms with Crippen LogP contribution in [-0.2, 0) is 9.59 Å². The van der Waals surface area contributed by atoms with Gasteiger partial charge in [-0.15, -0.1) is 23.1 Å². The fourth-order valence-electron chi connectivity index (χ4n) is 2.44. The van der Waals surface area contributed by atoms with E-state index in [0.29, 0.717) is 5.13 Å². The highest BCUT2D eigenvalue weighted by Gasteiger charge is 2.14. The van der Waals surface area contributed by atoms with Crippen LogP contribution in [0.25, 0.3) is 22.2 Å². The third kappa shape index (κ3) is 3.60. The van der Waals surface area contributed by atoms with Crippen molar-refractivity contribution in [2.75, 3.05) is 16.8 Å². The SMILES string of the molecule is Cc1[nH]c2ccccc2c1-c1csc(NC(=O)CSCC(=O)[O-])n1. The molecule has 0 aliphatic rings.